The maximum absolute atomic E-state index is 14.1. The van der Waals surface area contributed by atoms with Crippen LogP contribution in [0.5, 0.6) is 5.75 Å². The van der Waals surface area contributed by atoms with Crippen molar-refractivity contribution in [3.63, 3.8) is 0 Å². The highest BCUT2D eigenvalue weighted by Crippen LogP contribution is 2.31. The summed E-state index contributed by atoms with van der Waals surface area (Å²) in [6.45, 7) is 0.868. The first-order chi connectivity index (χ1) is 10.1. The lowest BCUT2D eigenvalue weighted by atomic mass is 9.98. The van der Waals surface area contributed by atoms with Gasteiger partial charge in [-0.2, -0.15) is 0 Å². The largest absolute Gasteiger partial charge is 0.491 e. The first kappa shape index (κ1) is 15.8. The van der Waals surface area contributed by atoms with Gasteiger partial charge < -0.3 is 15.2 Å². The van der Waals surface area contributed by atoms with Crippen molar-refractivity contribution < 1.29 is 13.9 Å². The molecule has 0 radical (unpaired) electrons. The molecule has 5 heteroatoms. The maximum Gasteiger partial charge on any atom is 0.146 e. The van der Waals surface area contributed by atoms with Gasteiger partial charge in [-0.1, -0.05) is 41.9 Å². The van der Waals surface area contributed by atoms with Crippen LogP contribution in [0.25, 0.3) is 0 Å². The molecule has 2 rings (SSSR count). The molecule has 0 aromatic heterocycles. The normalized spacial score (nSPS) is 12.2. The van der Waals surface area contributed by atoms with E-state index in [1.54, 1.807) is 25.3 Å². The van der Waals surface area contributed by atoms with Gasteiger partial charge in [-0.15, -0.1) is 0 Å². The molecule has 21 heavy (non-hydrogen) atoms. The number of nitrogens with two attached hydrogens (primary N) is 1. The summed E-state index contributed by atoms with van der Waals surface area (Å²) in [5.74, 6) is 0.111. The Morgan fingerprint density at radius 1 is 1.10 bits per heavy atom. The van der Waals surface area contributed by atoms with Crippen LogP contribution in [-0.4, -0.2) is 20.3 Å². The molecular formula is C16H17ClFNO2. The van der Waals surface area contributed by atoms with E-state index in [1.165, 1.54) is 6.07 Å². The molecule has 0 bridgehead atoms. The summed E-state index contributed by atoms with van der Waals surface area (Å²) in [6.07, 6.45) is 0. The van der Waals surface area contributed by atoms with Crippen molar-refractivity contribution >= 4 is 11.6 Å². The molecule has 2 N–H and O–H groups in total. The van der Waals surface area contributed by atoms with E-state index in [-0.39, 0.29) is 5.02 Å². The molecule has 112 valence electrons. The number of hydrogen-bond acceptors (Lipinski definition) is 3. The zero-order valence-electron chi connectivity index (χ0n) is 11.7. The van der Waals surface area contributed by atoms with Gasteiger partial charge >= 0.3 is 0 Å². The Kier molecular flexibility index (Phi) is 5.56. The third-order valence-electron chi connectivity index (χ3n) is 3.12. The van der Waals surface area contributed by atoms with Gasteiger partial charge in [0, 0.05) is 18.2 Å². The van der Waals surface area contributed by atoms with Gasteiger partial charge in [-0.05, 0) is 12.1 Å². The van der Waals surface area contributed by atoms with Crippen molar-refractivity contribution in [3.05, 3.63) is 64.4 Å². The van der Waals surface area contributed by atoms with Crippen molar-refractivity contribution in [2.75, 3.05) is 20.3 Å². The number of hydrogen-bond donors (Lipinski definition) is 1. The van der Waals surface area contributed by atoms with Crippen LogP contribution in [-0.2, 0) is 4.74 Å². The molecule has 0 fully saturated rings. The fourth-order valence-corrected chi connectivity index (χ4v) is 2.21. The third-order valence-corrected chi connectivity index (χ3v) is 3.41. The fraction of sp³-hybridized carbons (Fsp3) is 0.250. The second-order valence-electron chi connectivity index (χ2n) is 4.50. The van der Waals surface area contributed by atoms with Gasteiger partial charge in [0.15, 0.2) is 0 Å². The van der Waals surface area contributed by atoms with E-state index in [2.05, 4.69) is 0 Å². The van der Waals surface area contributed by atoms with Crippen LogP contribution in [0.2, 0.25) is 5.02 Å². The van der Waals surface area contributed by atoms with E-state index in [9.17, 15) is 4.39 Å². The zero-order valence-corrected chi connectivity index (χ0v) is 12.4. The van der Waals surface area contributed by atoms with Crippen molar-refractivity contribution in [2.24, 2.45) is 5.73 Å². The van der Waals surface area contributed by atoms with Crippen molar-refractivity contribution in [3.8, 4) is 5.75 Å². The Morgan fingerprint density at radius 3 is 2.57 bits per heavy atom. The van der Waals surface area contributed by atoms with Crippen LogP contribution in [0.15, 0.2) is 42.5 Å². The quantitative estimate of drug-likeness (QED) is 0.830. The van der Waals surface area contributed by atoms with Gasteiger partial charge in [-0.25, -0.2) is 4.39 Å². The molecule has 1 unspecified atom stereocenters. The summed E-state index contributed by atoms with van der Waals surface area (Å²) in [6, 6.07) is 11.4. The molecule has 0 amide bonds. The molecule has 0 aliphatic rings. The number of halogens is 2. The highest BCUT2D eigenvalue weighted by Gasteiger charge is 2.18. The van der Waals surface area contributed by atoms with Gasteiger partial charge in [0.1, 0.15) is 18.2 Å². The molecule has 0 aliphatic heterocycles. The van der Waals surface area contributed by atoms with Crippen LogP contribution in [0.1, 0.15) is 17.2 Å². The summed E-state index contributed by atoms with van der Waals surface area (Å²) in [5, 5.41) is 0.0562. The Bertz CT molecular complexity index is 607. The topological polar surface area (TPSA) is 44.5 Å². The third kappa shape index (κ3) is 3.73. The molecule has 0 saturated carbocycles. The maximum atomic E-state index is 14.1. The van der Waals surface area contributed by atoms with Gasteiger partial charge in [0.05, 0.1) is 17.7 Å². The monoisotopic (exact) mass is 309 g/mol. The van der Waals surface area contributed by atoms with E-state index < -0.39 is 11.9 Å². The van der Waals surface area contributed by atoms with E-state index >= 15 is 0 Å². The van der Waals surface area contributed by atoms with E-state index in [0.29, 0.717) is 30.1 Å². The summed E-state index contributed by atoms with van der Waals surface area (Å²) >= 11 is 5.81. The lowest BCUT2D eigenvalue weighted by Crippen LogP contribution is -2.16. The number of ether oxygens (including phenoxy) is 2. The molecule has 1 atom stereocenters. The fourth-order valence-electron chi connectivity index (χ4n) is 2.03. The molecule has 0 heterocycles. The van der Waals surface area contributed by atoms with Crippen molar-refractivity contribution in [2.45, 2.75) is 6.04 Å². The summed E-state index contributed by atoms with van der Waals surface area (Å²) in [7, 11) is 1.60. The lowest BCUT2D eigenvalue weighted by molar-refractivity contribution is 0.145. The van der Waals surface area contributed by atoms with Crippen LogP contribution < -0.4 is 10.5 Å². The molecule has 2 aromatic carbocycles. The molecule has 0 aliphatic carbocycles. The smallest absolute Gasteiger partial charge is 0.146 e. The van der Waals surface area contributed by atoms with E-state index in [1.807, 2.05) is 18.2 Å². The van der Waals surface area contributed by atoms with E-state index in [0.717, 1.165) is 0 Å². The van der Waals surface area contributed by atoms with Crippen LogP contribution >= 0.6 is 11.6 Å². The Hall–Kier alpha value is -1.62. The molecule has 2 aromatic rings. The second-order valence-corrected chi connectivity index (χ2v) is 4.91. The highest BCUT2D eigenvalue weighted by atomic mass is 35.5. The Morgan fingerprint density at radius 2 is 1.81 bits per heavy atom. The predicted molar refractivity (Wildman–Crippen MR) is 81.3 cm³/mol. The number of para-hydroxylation sites is 1. The lowest BCUT2D eigenvalue weighted by Gasteiger charge is -2.18. The minimum absolute atomic E-state index is 0.0562. The average molecular weight is 310 g/mol. The Labute approximate surface area is 128 Å². The summed E-state index contributed by atoms with van der Waals surface area (Å²) in [4.78, 5) is 0. The van der Waals surface area contributed by atoms with Gasteiger partial charge in [0.2, 0.25) is 0 Å². The van der Waals surface area contributed by atoms with Gasteiger partial charge in [-0.3, -0.25) is 0 Å². The number of methoxy groups -OCH3 is 1. The van der Waals surface area contributed by atoms with Gasteiger partial charge in [0.25, 0.3) is 0 Å². The molecular weight excluding hydrogens is 293 g/mol. The second kappa shape index (κ2) is 7.41. The minimum atomic E-state index is -0.651. The summed E-state index contributed by atoms with van der Waals surface area (Å²) in [5.41, 5.74) is 7.22. The minimum Gasteiger partial charge on any atom is -0.491 e. The Balaban J connectivity index is 2.30. The first-order valence-electron chi connectivity index (χ1n) is 6.55. The molecule has 3 nitrogen and oxygen atoms in total. The van der Waals surface area contributed by atoms with Crippen LogP contribution in [0.4, 0.5) is 4.39 Å². The summed E-state index contributed by atoms with van der Waals surface area (Å²) < 4.78 is 24.7. The molecule has 0 spiro atoms. The average Bonchev–Trinajstić information content (AvgIpc) is 2.50. The highest BCUT2D eigenvalue weighted by molar-refractivity contribution is 6.30. The first-order valence-corrected chi connectivity index (χ1v) is 6.93. The number of benzene rings is 2. The zero-order chi connectivity index (χ0) is 15.2. The predicted octanol–water partition coefficient (Wildman–Crippen LogP) is 3.55. The van der Waals surface area contributed by atoms with E-state index in [4.69, 9.17) is 26.8 Å². The van der Waals surface area contributed by atoms with Crippen LogP contribution in [0.3, 0.4) is 0 Å². The standard InChI is InChI=1S/C16H17ClFNO2/c1-20-9-10-21-14-8-3-2-5-11(14)16(19)12-6-4-7-13(17)15(12)18/h2-8,16H,9-10,19H2,1H3. The number of rotatable bonds is 6. The van der Waals surface area contributed by atoms with Crippen molar-refractivity contribution in [1.29, 1.82) is 0 Å². The van der Waals surface area contributed by atoms with Crippen molar-refractivity contribution in [1.82, 2.24) is 0 Å². The molecule has 0 saturated heterocycles. The SMILES string of the molecule is COCCOc1ccccc1C(N)c1cccc(Cl)c1F. The van der Waals surface area contributed by atoms with Crippen LogP contribution in [0, 0.1) is 5.82 Å².